The summed E-state index contributed by atoms with van der Waals surface area (Å²) >= 11 is 5.82. The summed E-state index contributed by atoms with van der Waals surface area (Å²) in [6.45, 7) is 0. The highest BCUT2D eigenvalue weighted by molar-refractivity contribution is 6.30. The minimum absolute atomic E-state index is 0.0845. The third kappa shape index (κ3) is 2.86. The minimum atomic E-state index is -1.08. The maximum atomic E-state index is 10.7. The Labute approximate surface area is 104 Å². The molecule has 0 spiro atoms. The van der Waals surface area contributed by atoms with E-state index >= 15 is 0 Å². The fourth-order valence-electron chi connectivity index (χ4n) is 1.74. The van der Waals surface area contributed by atoms with Crippen molar-refractivity contribution in [1.82, 2.24) is 0 Å². The van der Waals surface area contributed by atoms with Gasteiger partial charge < -0.3 is 9.90 Å². The van der Waals surface area contributed by atoms with Gasteiger partial charge in [-0.15, -0.1) is 0 Å². The van der Waals surface area contributed by atoms with Gasteiger partial charge in [-0.2, -0.15) is 0 Å². The Balaban J connectivity index is 2.44. The molecule has 0 radical (unpaired) electrons. The van der Waals surface area contributed by atoms with Gasteiger partial charge in [0.15, 0.2) is 0 Å². The smallest absolute Gasteiger partial charge is 0.0458 e. The summed E-state index contributed by atoms with van der Waals surface area (Å²) in [6.07, 6.45) is -0.0845. The van der Waals surface area contributed by atoms with E-state index in [9.17, 15) is 9.90 Å². The number of rotatable bonds is 3. The van der Waals surface area contributed by atoms with Crippen molar-refractivity contribution in [2.24, 2.45) is 0 Å². The molecule has 86 valence electrons. The van der Waals surface area contributed by atoms with Gasteiger partial charge in [-0.1, -0.05) is 48.0 Å². The molecule has 0 amide bonds. The predicted molar refractivity (Wildman–Crippen MR) is 65.6 cm³/mol. The summed E-state index contributed by atoms with van der Waals surface area (Å²) in [7, 11) is 0. The lowest BCUT2D eigenvalue weighted by Gasteiger charge is -2.10. The van der Waals surface area contributed by atoms with Crippen molar-refractivity contribution in [1.29, 1.82) is 0 Å². The predicted octanol–water partition coefficient (Wildman–Crippen LogP) is 2.30. The number of hydrogen-bond acceptors (Lipinski definition) is 2. The van der Waals surface area contributed by atoms with Crippen LogP contribution in [-0.4, -0.2) is 5.97 Å². The van der Waals surface area contributed by atoms with Crippen molar-refractivity contribution in [2.75, 3.05) is 0 Å². The lowest BCUT2D eigenvalue weighted by Crippen LogP contribution is -2.24. The van der Waals surface area contributed by atoms with Crippen LogP contribution in [0.2, 0.25) is 5.02 Å². The topological polar surface area (TPSA) is 40.1 Å². The van der Waals surface area contributed by atoms with Crippen LogP contribution in [0.4, 0.5) is 0 Å². The molecule has 0 N–H and O–H groups in total. The Morgan fingerprint density at radius 3 is 2.35 bits per heavy atom. The van der Waals surface area contributed by atoms with Gasteiger partial charge in [-0.3, -0.25) is 0 Å². The van der Waals surface area contributed by atoms with Gasteiger partial charge in [0.05, 0.1) is 0 Å². The van der Waals surface area contributed by atoms with E-state index in [-0.39, 0.29) is 6.42 Å². The third-order valence-electron chi connectivity index (χ3n) is 2.51. The second kappa shape index (κ2) is 5.02. The van der Waals surface area contributed by atoms with Gasteiger partial charge >= 0.3 is 0 Å². The monoisotopic (exact) mass is 245 g/mol. The van der Waals surface area contributed by atoms with Crippen molar-refractivity contribution in [3.63, 3.8) is 0 Å². The molecule has 2 rings (SSSR count). The molecule has 2 aromatic rings. The van der Waals surface area contributed by atoms with Crippen LogP contribution in [0.25, 0.3) is 11.1 Å². The Morgan fingerprint density at radius 2 is 1.71 bits per heavy atom. The molecule has 17 heavy (non-hydrogen) atoms. The summed E-state index contributed by atoms with van der Waals surface area (Å²) in [6, 6.07) is 14.7. The minimum Gasteiger partial charge on any atom is -0.550 e. The fraction of sp³-hybridized carbons (Fsp3) is 0.0714. The van der Waals surface area contributed by atoms with E-state index in [0.29, 0.717) is 5.02 Å². The molecule has 0 saturated heterocycles. The highest BCUT2D eigenvalue weighted by Gasteiger charge is 2.04. The fourth-order valence-corrected chi connectivity index (χ4v) is 1.87. The van der Waals surface area contributed by atoms with Gasteiger partial charge in [0.1, 0.15) is 0 Å². The summed E-state index contributed by atoms with van der Waals surface area (Å²) in [5, 5.41) is 11.3. The molecule has 0 fully saturated rings. The highest BCUT2D eigenvalue weighted by atomic mass is 35.5. The molecule has 0 unspecified atom stereocenters. The molecule has 0 atom stereocenters. The Hall–Kier alpha value is -1.80. The van der Waals surface area contributed by atoms with Gasteiger partial charge in [-0.25, -0.2) is 0 Å². The number of benzene rings is 2. The molecule has 0 aliphatic heterocycles. The Morgan fingerprint density at radius 1 is 1.06 bits per heavy atom. The van der Waals surface area contributed by atoms with Crippen molar-refractivity contribution >= 4 is 17.6 Å². The van der Waals surface area contributed by atoms with Crippen molar-refractivity contribution in [3.8, 4) is 11.1 Å². The SMILES string of the molecule is O=C([O-])Cc1ccccc1-c1ccc(Cl)cc1. The van der Waals surface area contributed by atoms with Gasteiger partial charge in [0.25, 0.3) is 0 Å². The zero-order valence-corrected chi connectivity index (χ0v) is 9.78. The maximum absolute atomic E-state index is 10.7. The second-order valence-corrected chi connectivity index (χ2v) is 4.15. The zero-order valence-electron chi connectivity index (χ0n) is 9.02. The number of carbonyl (C=O) groups excluding carboxylic acids is 1. The first kappa shape index (κ1) is 11.7. The lowest BCUT2D eigenvalue weighted by atomic mass is 9.98. The van der Waals surface area contributed by atoms with E-state index in [1.54, 1.807) is 18.2 Å². The molecule has 2 nitrogen and oxygen atoms in total. The average Bonchev–Trinajstić information content (AvgIpc) is 2.30. The largest absolute Gasteiger partial charge is 0.550 e. The summed E-state index contributed by atoms with van der Waals surface area (Å²) in [5.74, 6) is -1.08. The van der Waals surface area contributed by atoms with Crippen LogP contribution in [0.1, 0.15) is 5.56 Å². The summed E-state index contributed by atoms with van der Waals surface area (Å²) in [5.41, 5.74) is 2.59. The van der Waals surface area contributed by atoms with Crippen molar-refractivity contribution in [3.05, 3.63) is 59.1 Å². The van der Waals surface area contributed by atoms with Gasteiger partial charge in [-0.05, 0) is 28.8 Å². The summed E-state index contributed by atoms with van der Waals surface area (Å²) in [4.78, 5) is 10.7. The van der Waals surface area contributed by atoms with Crippen LogP contribution in [0, 0.1) is 0 Å². The molecule has 0 aliphatic rings. The second-order valence-electron chi connectivity index (χ2n) is 3.71. The van der Waals surface area contributed by atoms with E-state index in [0.717, 1.165) is 16.7 Å². The van der Waals surface area contributed by atoms with Crippen LogP contribution >= 0.6 is 11.6 Å². The number of carboxylic acids is 1. The molecular formula is C14H10ClO2-. The lowest BCUT2D eigenvalue weighted by molar-refractivity contribution is -0.304. The highest BCUT2D eigenvalue weighted by Crippen LogP contribution is 2.25. The quantitative estimate of drug-likeness (QED) is 0.833. The maximum Gasteiger partial charge on any atom is 0.0458 e. The summed E-state index contributed by atoms with van der Waals surface area (Å²) < 4.78 is 0. The molecule has 0 heterocycles. The number of halogens is 1. The first-order valence-electron chi connectivity index (χ1n) is 5.20. The number of carbonyl (C=O) groups is 1. The van der Waals surface area contributed by atoms with Crippen LogP contribution in [0.15, 0.2) is 48.5 Å². The number of carboxylic acid groups (broad SMARTS) is 1. The van der Waals surface area contributed by atoms with E-state index < -0.39 is 5.97 Å². The van der Waals surface area contributed by atoms with Crippen LogP contribution in [0.3, 0.4) is 0 Å². The Kier molecular flexibility index (Phi) is 3.45. The van der Waals surface area contributed by atoms with E-state index in [1.807, 2.05) is 30.3 Å². The molecule has 0 aromatic heterocycles. The van der Waals surface area contributed by atoms with E-state index in [4.69, 9.17) is 11.6 Å². The Bertz CT molecular complexity index is 532. The van der Waals surface area contributed by atoms with Crippen LogP contribution in [-0.2, 0) is 11.2 Å². The normalized spacial score (nSPS) is 10.2. The van der Waals surface area contributed by atoms with Crippen molar-refractivity contribution < 1.29 is 9.90 Å². The molecule has 0 bridgehead atoms. The van der Waals surface area contributed by atoms with Gasteiger partial charge in [0.2, 0.25) is 0 Å². The first-order valence-corrected chi connectivity index (χ1v) is 5.58. The average molecular weight is 246 g/mol. The van der Waals surface area contributed by atoms with Crippen molar-refractivity contribution in [2.45, 2.75) is 6.42 Å². The van der Waals surface area contributed by atoms with E-state index in [2.05, 4.69) is 0 Å². The molecule has 3 heteroatoms. The first-order chi connectivity index (χ1) is 8.16. The molecule has 2 aromatic carbocycles. The molecule has 0 saturated carbocycles. The van der Waals surface area contributed by atoms with Crippen LogP contribution < -0.4 is 5.11 Å². The molecular weight excluding hydrogens is 236 g/mol. The number of hydrogen-bond donors (Lipinski definition) is 0. The molecule has 0 aliphatic carbocycles. The zero-order chi connectivity index (χ0) is 12.3. The number of aliphatic carboxylic acids is 1. The van der Waals surface area contributed by atoms with Crippen LogP contribution in [0.5, 0.6) is 0 Å². The van der Waals surface area contributed by atoms with Gasteiger partial charge in [0, 0.05) is 17.4 Å². The third-order valence-corrected chi connectivity index (χ3v) is 2.76. The van der Waals surface area contributed by atoms with E-state index in [1.165, 1.54) is 0 Å². The standard InChI is InChI=1S/C14H11ClO2/c15-12-7-5-10(6-8-12)13-4-2-1-3-11(13)9-14(16)17/h1-8H,9H2,(H,16,17)/p-1.